The van der Waals surface area contributed by atoms with Gasteiger partial charge in [-0.1, -0.05) is 12.1 Å². The molecule has 19 heavy (non-hydrogen) atoms. The number of nitrogens with zero attached hydrogens (tertiary/aromatic N) is 3. The van der Waals surface area contributed by atoms with Crippen LogP contribution in [-0.4, -0.2) is 14.9 Å². The Labute approximate surface area is 109 Å². The molecule has 1 aliphatic rings. The molecule has 0 saturated carbocycles. The lowest BCUT2D eigenvalue weighted by molar-refractivity contribution is -0.384. The molecule has 96 valence electrons. The van der Waals surface area contributed by atoms with Gasteiger partial charge in [-0.05, 0) is 13.0 Å². The second-order valence-corrected chi connectivity index (χ2v) is 4.44. The molecule has 0 saturated heterocycles. The standard InChI is InChI=1S/C13H12N4O2/c1-8-10-6-14-7-11(10)16-13(15-8)9-4-2-3-5-12(9)17(18)19/h2-5,14H,6-7H2,1H3. The molecule has 6 heteroatoms. The second-order valence-electron chi connectivity index (χ2n) is 4.44. The van der Waals surface area contributed by atoms with Crippen LogP contribution in [0.3, 0.4) is 0 Å². The van der Waals surface area contributed by atoms with Crippen molar-refractivity contribution >= 4 is 5.69 Å². The fraction of sp³-hybridized carbons (Fsp3) is 0.231. The van der Waals surface area contributed by atoms with Gasteiger partial charge in [0.15, 0.2) is 5.82 Å². The third-order valence-electron chi connectivity index (χ3n) is 3.24. The summed E-state index contributed by atoms with van der Waals surface area (Å²) in [6.07, 6.45) is 0. The Hall–Kier alpha value is -2.34. The van der Waals surface area contributed by atoms with Gasteiger partial charge in [0.1, 0.15) is 0 Å². The summed E-state index contributed by atoms with van der Waals surface area (Å²) in [7, 11) is 0. The largest absolute Gasteiger partial charge is 0.307 e. The van der Waals surface area contributed by atoms with Gasteiger partial charge >= 0.3 is 0 Å². The van der Waals surface area contributed by atoms with Gasteiger partial charge in [0, 0.05) is 30.4 Å². The van der Waals surface area contributed by atoms with E-state index in [-0.39, 0.29) is 5.69 Å². The van der Waals surface area contributed by atoms with Gasteiger partial charge in [0.2, 0.25) is 0 Å². The average molecular weight is 256 g/mol. The van der Waals surface area contributed by atoms with E-state index < -0.39 is 4.92 Å². The van der Waals surface area contributed by atoms with E-state index >= 15 is 0 Å². The second kappa shape index (κ2) is 4.40. The van der Waals surface area contributed by atoms with Crippen molar-refractivity contribution in [3.8, 4) is 11.4 Å². The zero-order valence-electron chi connectivity index (χ0n) is 10.4. The third-order valence-corrected chi connectivity index (χ3v) is 3.24. The predicted molar refractivity (Wildman–Crippen MR) is 69.4 cm³/mol. The zero-order valence-corrected chi connectivity index (χ0v) is 10.4. The molecule has 0 unspecified atom stereocenters. The highest BCUT2D eigenvalue weighted by Crippen LogP contribution is 2.28. The van der Waals surface area contributed by atoms with Crippen LogP contribution < -0.4 is 5.32 Å². The van der Waals surface area contributed by atoms with Crippen LogP contribution in [0.25, 0.3) is 11.4 Å². The van der Waals surface area contributed by atoms with Crippen molar-refractivity contribution in [2.24, 2.45) is 0 Å². The number of benzene rings is 1. The van der Waals surface area contributed by atoms with Crippen LogP contribution in [0, 0.1) is 17.0 Å². The minimum absolute atomic E-state index is 0.0350. The van der Waals surface area contributed by atoms with Crippen molar-refractivity contribution in [1.29, 1.82) is 0 Å². The molecule has 2 heterocycles. The summed E-state index contributed by atoms with van der Waals surface area (Å²) in [6, 6.07) is 6.55. The Bertz CT molecular complexity index is 670. The number of hydrogen-bond acceptors (Lipinski definition) is 5. The first kappa shape index (κ1) is 11.7. The lowest BCUT2D eigenvalue weighted by atomic mass is 10.1. The van der Waals surface area contributed by atoms with Crippen LogP contribution in [0.1, 0.15) is 17.0 Å². The molecule has 6 nitrogen and oxygen atoms in total. The van der Waals surface area contributed by atoms with Gasteiger partial charge in [0.05, 0.1) is 16.2 Å². The maximum Gasteiger partial charge on any atom is 0.280 e. The number of nitro groups is 1. The number of aromatic nitrogens is 2. The maximum atomic E-state index is 11.1. The van der Waals surface area contributed by atoms with Crippen LogP contribution >= 0.6 is 0 Å². The molecule has 0 radical (unpaired) electrons. The minimum Gasteiger partial charge on any atom is -0.307 e. The first-order valence-corrected chi connectivity index (χ1v) is 5.97. The number of rotatable bonds is 2. The summed E-state index contributed by atoms with van der Waals surface area (Å²) in [5.41, 5.74) is 3.41. The van der Waals surface area contributed by atoms with Crippen molar-refractivity contribution in [1.82, 2.24) is 15.3 Å². The predicted octanol–water partition coefficient (Wildman–Crippen LogP) is 1.96. The van der Waals surface area contributed by atoms with E-state index in [1.165, 1.54) is 6.07 Å². The Balaban J connectivity index is 2.18. The number of nitro benzene ring substituents is 1. The summed E-state index contributed by atoms with van der Waals surface area (Å²) in [4.78, 5) is 19.5. The molecule has 1 aromatic heterocycles. The summed E-state index contributed by atoms with van der Waals surface area (Å²) in [5.74, 6) is 0.423. The van der Waals surface area contributed by atoms with E-state index in [0.717, 1.165) is 23.5 Å². The third kappa shape index (κ3) is 1.96. The Kier molecular flexibility index (Phi) is 2.72. The molecule has 1 aromatic carbocycles. The van der Waals surface area contributed by atoms with Crippen LogP contribution in [0.5, 0.6) is 0 Å². The fourth-order valence-corrected chi connectivity index (χ4v) is 2.28. The molecule has 3 rings (SSSR count). The quantitative estimate of drug-likeness (QED) is 0.656. The molecule has 0 amide bonds. The number of nitrogens with one attached hydrogen (secondary N) is 1. The number of para-hydroxylation sites is 1. The van der Waals surface area contributed by atoms with Gasteiger partial charge in [-0.2, -0.15) is 0 Å². The molecular weight excluding hydrogens is 244 g/mol. The molecule has 0 aliphatic carbocycles. The Morgan fingerprint density at radius 3 is 2.84 bits per heavy atom. The van der Waals surface area contributed by atoms with Gasteiger partial charge in [-0.15, -0.1) is 0 Å². The Morgan fingerprint density at radius 1 is 1.26 bits per heavy atom. The van der Waals surface area contributed by atoms with Crippen LogP contribution in [-0.2, 0) is 13.1 Å². The SMILES string of the molecule is Cc1nc(-c2ccccc2[N+](=O)[O-])nc2c1CNC2. The van der Waals surface area contributed by atoms with Crippen LogP contribution in [0.2, 0.25) is 0 Å². The summed E-state index contributed by atoms with van der Waals surface area (Å²) >= 11 is 0. The van der Waals surface area contributed by atoms with E-state index in [2.05, 4.69) is 15.3 Å². The maximum absolute atomic E-state index is 11.1. The van der Waals surface area contributed by atoms with E-state index in [1.807, 2.05) is 6.92 Å². The number of aryl methyl sites for hydroxylation is 1. The molecule has 1 aliphatic heterocycles. The fourth-order valence-electron chi connectivity index (χ4n) is 2.28. The molecule has 0 atom stereocenters. The molecule has 0 spiro atoms. The zero-order chi connectivity index (χ0) is 13.4. The van der Waals surface area contributed by atoms with Gasteiger partial charge in [-0.25, -0.2) is 9.97 Å². The number of fused-ring (bicyclic) bond motifs is 1. The lowest BCUT2D eigenvalue weighted by Gasteiger charge is -2.06. The van der Waals surface area contributed by atoms with Crippen molar-refractivity contribution in [2.75, 3.05) is 0 Å². The average Bonchev–Trinajstić information content (AvgIpc) is 2.87. The summed E-state index contributed by atoms with van der Waals surface area (Å²) in [6.45, 7) is 3.36. The van der Waals surface area contributed by atoms with E-state index in [1.54, 1.807) is 18.2 Å². The van der Waals surface area contributed by atoms with Crippen LogP contribution in [0.15, 0.2) is 24.3 Å². The highest BCUT2D eigenvalue weighted by atomic mass is 16.6. The van der Waals surface area contributed by atoms with Crippen molar-refractivity contribution in [3.63, 3.8) is 0 Å². The molecule has 2 aromatic rings. The highest BCUT2D eigenvalue weighted by molar-refractivity contribution is 5.68. The molecule has 0 bridgehead atoms. The van der Waals surface area contributed by atoms with Crippen molar-refractivity contribution in [3.05, 3.63) is 51.3 Å². The Morgan fingerprint density at radius 2 is 2.05 bits per heavy atom. The first-order valence-electron chi connectivity index (χ1n) is 5.97. The van der Waals surface area contributed by atoms with Crippen molar-refractivity contribution in [2.45, 2.75) is 20.0 Å². The first-order chi connectivity index (χ1) is 9.16. The monoisotopic (exact) mass is 256 g/mol. The van der Waals surface area contributed by atoms with E-state index in [9.17, 15) is 10.1 Å². The van der Waals surface area contributed by atoms with Crippen molar-refractivity contribution < 1.29 is 4.92 Å². The van der Waals surface area contributed by atoms with Gasteiger partial charge in [0.25, 0.3) is 5.69 Å². The lowest BCUT2D eigenvalue weighted by Crippen LogP contribution is -2.01. The topological polar surface area (TPSA) is 81.0 Å². The molecule has 0 fully saturated rings. The van der Waals surface area contributed by atoms with Gasteiger partial charge in [-0.3, -0.25) is 10.1 Å². The normalized spacial score (nSPS) is 13.3. The van der Waals surface area contributed by atoms with E-state index in [4.69, 9.17) is 0 Å². The number of hydrogen-bond donors (Lipinski definition) is 1. The van der Waals surface area contributed by atoms with Crippen LogP contribution in [0.4, 0.5) is 5.69 Å². The molecular formula is C13H12N4O2. The highest BCUT2D eigenvalue weighted by Gasteiger charge is 2.21. The molecule has 1 N–H and O–H groups in total. The minimum atomic E-state index is -0.403. The smallest absolute Gasteiger partial charge is 0.280 e. The van der Waals surface area contributed by atoms with Gasteiger partial charge < -0.3 is 5.32 Å². The summed E-state index contributed by atoms with van der Waals surface area (Å²) in [5, 5.41) is 14.3. The summed E-state index contributed by atoms with van der Waals surface area (Å²) < 4.78 is 0. The van der Waals surface area contributed by atoms with E-state index in [0.29, 0.717) is 17.9 Å².